The lowest BCUT2D eigenvalue weighted by Gasteiger charge is -2.15. The Morgan fingerprint density at radius 3 is 2.78 bits per heavy atom. The maximum Gasteiger partial charge on any atom is 0.307 e. The molecule has 0 bridgehead atoms. The fourth-order valence-corrected chi connectivity index (χ4v) is 2.27. The molecule has 1 amide bonds. The van der Waals surface area contributed by atoms with Crippen LogP contribution in [0.1, 0.15) is 25.8 Å². The van der Waals surface area contributed by atoms with Gasteiger partial charge in [-0.25, -0.2) is 0 Å². The van der Waals surface area contributed by atoms with Crippen molar-refractivity contribution in [2.24, 2.45) is 0 Å². The Morgan fingerprint density at radius 2 is 2.22 bits per heavy atom. The van der Waals surface area contributed by atoms with Gasteiger partial charge in [0.1, 0.15) is 18.4 Å². The Labute approximate surface area is 137 Å². The lowest BCUT2D eigenvalue weighted by Crippen LogP contribution is -2.33. The Kier molecular flexibility index (Phi) is 5.69. The quantitative estimate of drug-likeness (QED) is 0.448. The van der Waals surface area contributed by atoms with Crippen molar-refractivity contribution < 1.29 is 9.72 Å². The maximum atomic E-state index is 12.2. The van der Waals surface area contributed by atoms with Gasteiger partial charge in [0.2, 0.25) is 5.91 Å². The third-order valence-corrected chi connectivity index (χ3v) is 3.47. The molecule has 10 heteroatoms. The molecule has 2 heterocycles. The lowest BCUT2D eigenvalue weighted by molar-refractivity contribution is -0.385. The fourth-order valence-electron chi connectivity index (χ4n) is 2.12. The number of aryl methyl sites for hydroxylation is 1. The minimum atomic E-state index is -0.567. The number of hydrogen-bond donors (Lipinski definition) is 1. The first-order chi connectivity index (χ1) is 11.0. The van der Waals surface area contributed by atoms with E-state index in [2.05, 4.69) is 15.5 Å². The van der Waals surface area contributed by atoms with Gasteiger partial charge in [0.05, 0.1) is 16.1 Å². The number of nitrogens with zero attached hydrogens (tertiary/aromatic N) is 5. The first kappa shape index (κ1) is 16.9. The molecule has 2 aromatic heterocycles. The van der Waals surface area contributed by atoms with E-state index in [-0.39, 0.29) is 11.6 Å². The van der Waals surface area contributed by atoms with E-state index < -0.39 is 11.0 Å². The molecule has 0 radical (unpaired) electrons. The van der Waals surface area contributed by atoms with E-state index in [1.165, 1.54) is 10.9 Å². The Bertz CT molecular complexity index is 683. The second kappa shape index (κ2) is 7.73. The largest absolute Gasteiger partial charge is 0.354 e. The normalized spacial score (nSPS) is 12.1. The first-order valence-corrected chi connectivity index (χ1v) is 7.53. The molecule has 1 N–H and O–H groups in total. The SMILES string of the molecule is CCC(C(=O)NCCCn1cc(Cl)cn1)n1cc([N+](=O)[O-])cn1. The van der Waals surface area contributed by atoms with Gasteiger partial charge in [-0.1, -0.05) is 18.5 Å². The molecular formula is C13H17ClN6O3. The van der Waals surface area contributed by atoms with E-state index in [9.17, 15) is 14.9 Å². The molecular weight excluding hydrogens is 324 g/mol. The van der Waals surface area contributed by atoms with Gasteiger partial charge in [-0.15, -0.1) is 0 Å². The summed E-state index contributed by atoms with van der Waals surface area (Å²) in [5, 5.41) is 22.0. The van der Waals surface area contributed by atoms with E-state index in [4.69, 9.17) is 11.6 Å². The number of nitrogens with one attached hydrogen (secondary N) is 1. The zero-order valence-electron chi connectivity index (χ0n) is 12.6. The van der Waals surface area contributed by atoms with Crippen molar-refractivity contribution >= 4 is 23.2 Å². The summed E-state index contributed by atoms with van der Waals surface area (Å²) < 4.78 is 3.02. The van der Waals surface area contributed by atoms with Gasteiger partial charge in [-0.05, 0) is 12.8 Å². The molecule has 0 saturated carbocycles. The number of carbonyl (C=O) groups excluding carboxylic acids is 1. The average molecular weight is 341 g/mol. The Hall–Kier alpha value is -2.42. The highest BCUT2D eigenvalue weighted by molar-refractivity contribution is 6.30. The summed E-state index contributed by atoms with van der Waals surface area (Å²) in [4.78, 5) is 22.3. The van der Waals surface area contributed by atoms with Crippen LogP contribution in [0.3, 0.4) is 0 Å². The van der Waals surface area contributed by atoms with Crippen molar-refractivity contribution in [3.63, 3.8) is 0 Å². The molecule has 1 unspecified atom stereocenters. The van der Waals surface area contributed by atoms with Crippen molar-refractivity contribution in [3.05, 3.63) is 39.9 Å². The van der Waals surface area contributed by atoms with Crippen LogP contribution in [0.25, 0.3) is 0 Å². The summed E-state index contributed by atoms with van der Waals surface area (Å²) in [5.41, 5.74) is -0.133. The molecule has 2 aromatic rings. The number of hydrogen-bond acceptors (Lipinski definition) is 5. The molecule has 0 fully saturated rings. The number of amides is 1. The highest BCUT2D eigenvalue weighted by Crippen LogP contribution is 2.15. The second-order valence-electron chi connectivity index (χ2n) is 4.93. The zero-order chi connectivity index (χ0) is 16.8. The number of aromatic nitrogens is 4. The zero-order valence-corrected chi connectivity index (χ0v) is 13.3. The molecule has 23 heavy (non-hydrogen) atoms. The van der Waals surface area contributed by atoms with E-state index in [0.717, 1.165) is 6.20 Å². The molecule has 124 valence electrons. The van der Waals surface area contributed by atoms with Gasteiger partial charge in [0, 0.05) is 19.3 Å². The molecule has 2 rings (SSSR count). The summed E-state index contributed by atoms with van der Waals surface area (Å²) in [6, 6.07) is -0.567. The molecule has 0 saturated heterocycles. The van der Waals surface area contributed by atoms with Gasteiger partial charge < -0.3 is 5.32 Å². The summed E-state index contributed by atoms with van der Waals surface area (Å²) >= 11 is 5.77. The fraction of sp³-hybridized carbons (Fsp3) is 0.462. The highest BCUT2D eigenvalue weighted by atomic mass is 35.5. The Balaban J connectivity index is 1.83. The molecule has 0 spiro atoms. The highest BCUT2D eigenvalue weighted by Gasteiger charge is 2.21. The van der Waals surface area contributed by atoms with Crippen molar-refractivity contribution in [1.82, 2.24) is 24.9 Å². The third kappa shape index (κ3) is 4.52. The molecule has 0 aromatic carbocycles. The van der Waals surface area contributed by atoms with Crippen LogP contribution >= 0.6 is 11.6 Å². The number of rotatable bonds is 8. The molecule has 0 aliphatic rings. The monoisotopic (exact) mass is 340 g/mol. The predicted molar refractivity (Wildman–Crippen MR) is 83.1 cm³/mol. The number of halogens is 1. The van der Waals surface area contributed by atoms with Gasteiger partial charge >= 0.3 is 5.69 Å². The molecule has 9 nitrogen and oxygen atoms in total. The topological polar surface area (TPSA) is 108 Å². The number of carbonyl (C=O) groups is 1. The van der Waals surface area contributed by atoms with Gasteiger partial charge in [0.15, 0.2) is 0 Å². The summed E-state index contributed by atoms with van der Waals surface area (Å²) in [5.74, 6) is -0.219. The summed E-state index contributed by atoms with van der Waals surface area (Å²) in [6.07, 6.45) is 6.84. The van der Waals surface area contributed by atoms with E-state index in [0.29, 0.717) is 31.0 Å². The van der Waals surface area contributed by atoms with Crippen LogP contribution in [0.15, 0.2) is 24.8 Å². The van der Waals surface area contributed by atoms with Crippen LogP contribution in [0.5, 0.6) is 0 Å². The van der Waals surface area contributed by atoms with Crippen LogP contribution < -0.4 is 5.32 Å². The molecule has 0 aliphatic heterocycles. The third-order valence-electron chi connectivity index (χ3n) is 3.27. The van der Waals surface area contributed by atoms with Gasteiger partial charge in [0.25, 0.3) is 0 Å². The number of nitro groups is 1. The molecule has 0 aliphatic carbocycles. The lowest BCUT2D eigenvalue weighted by atomic mass is 10.2. The Morgan fingerprint density at radius 1 is 1.43 bits per heavy atom. The maximum absolute atomic E-state index is 12.2. The van der Waals surface area contributed by atoms with Gasteiger partial charge in [-0.2, -0.15) is 10.2 Å². The minimum Gasteiger partial charge on any atom is -0.354 e. The van der Waals surface area contributed by atoms with Crippen LogP contribution in [0.2, 0.25) is 5.02 Å². The average Bonchev–Trinajstić information content (AvgIpc) is 3.14. The van der Waals surface area contributed by atoms with Crippen LogP contribution in [-0.2, 0) is 11.3 Å². The van der Waals surface area contributed by atoms with Crippen LogP contribution in [0.4, 0.5) is 5.69 Å². The minimum absolute atomic E-state index is 0.133. The van der Waals surface area contributed by atoms with Crippen molar-refractivity contribution in [1.29, 1.82) is 0 Å². The van der Waals surface area contributed by atoms with E-state index >= 15 is 0 Å². The van der Waals surface area contributed by atoms with E-state index in [1.807, 2.05) is 6.92 Å². The van der Waals surface area contributed by atoms with Gasteiger partial charge in [-0.3, -0.25) is 24.3 Å². The van der Waals surface area contributed by atoms with Crippen molar-refractivity contribution in [2.75, 3.05) is 6.54 Å². The first-order valence-electron chi connectivity index (χ1n) is 7.15. The van der Waals surface area contributed by atoms with Crippen LogP contribution in [0, 0.1) is 10.1 Å². The predicted octanol–water partition coefficient (Wildman–Crippen LogP) is 1.80. The van der Waals surface area contributed by atoms with Crippen molar-refractivity contribution in [3.8, 4) is 0 Å². The van der Waals surface area contributed by atoms with Crippen LogP contribution in [-0.4, -0.2) is 36.9 Å². The molecule has 1 atom stereocenters. The standard InChI is InChI=1S/C13H17ClN6O3/c1-2-12(19-9-11(7-17-19)20(22)23)13(21)15-4-3-5-18-8-10(14)6-16-18/h6-9,12H,2-5H2,1H3,(H,15,21). The summed E-state index contributed by atoms with van der Waals surface area (Å²) in [7, 11) is 0. The van der Waals surface area contributed by atoms with Crippen molar-refractivity contribution in [2.45, 2.75) is 32.4 Å². The summed E-state index contributed by atoms with van der Waals surface area (Å²) in [6.45, 7) is 2.93. The second-order valence-corrected chi connectivity index (χ2v) is 5.36. The van der Waals surface area contributed by atoms with E-state index in [1.54, 1.807) is 17.1 Å². The smallest absolute Gasteiger partial charge is 0.307 e.